The minimum absolute atomic E-state index is 0.0114. The van der Waals surface area contributed by atoms with E-state index in [0.29, 0.717) is 36.5 Å². The average Bonchev–Trinajstić information content (AvgIpc) is 3.07. The van der Waals surface area contributed by atoms with E-state index in [1.807, 2.05) is 11.8 Å². The molecule has 2 heterocycles. The van der Waals surface area contributed by atoms with Crippen LogP contribution in [0.15, 0.2) is 23.1 Å². The van der Waals surface area contributed by atoms with E-state index >= 15 is 0 Å². The van der Waals surface area contributed by atoms with E-state index in [2.05, 4.69) is 4.98 Å². The molecule has 0 atom stereocenters. The standard InChI is InChI=1S/C21H25Cl2N3O4S/c1-4-15-19(14(3)27)13(2)24-21(15)17(28)12-25-8-10-26(11-9-25)31(29,30)18-7-5-6-16(22)20(18)23/h5-7,24H,4,8-12H2,1-3H3. The highest BCUT2D eigenvalue weighted by Gasteiger charge is 2.32. The van der Waals surface area contributed by atoms with Gasteiger partial charge in [-0.15, -0.1) is 0 Å². The number of benzene rings is 1. The van der Waals surface area contributed by atoms with Crippen molar-refractivity contribution in [3.8, 4) is 0 Å². The number of nitrogens with zero attached hydrogens (tertiary/aromatic N) is 2. The van der Waals surface area contributed by atoms with Crippen LogP contribution in [0.4, 0.5) is 0 Å². The fourth-order valence-corrected chi connectivity index (χ4v) is 6.14. The molecule has 1 aromatic carbocycles. The van der Waals surface area contributed by atoms with Crippen LogP contribution in [-0.2, 0) is 16.4 Å². The van der Waals surface area contributed by atoms with Crippen molar-refractivity contribution in [3.63, 3.8) is 0 Å². The predicted molar refractivity (Wildman–Crippen MR) is 121 cm³/mol. The van der Waals surface area contributed by atoms with Crippen LogP contribution >= 0.6 is 23.2 Å². The van der Waals surface area contributed by atoms with Gasteiger partial charge in [0.05, 0.1) is 22.3 Å². The zero-order valence-electron chi connectivity index (χ0n) is 17.7. The van der Waals surface area contributed by atoms with Crippen LogP contribution in [0.3, 0.4) is 0 Å². The maximum atomic E-state index is 13.0. The molecule has 31 heavy (non-hydrogen) atoms. The normalized spacial score (nSPS) is 15.9. The lowest BCUT2D eigenvalue weighted by Gasteiger charge is -2.33. The van der Waals surface area contributed by atoms with E-state index in [0.717, 1.165) is 5.56 Å². The number of carbonyl (C=O) groups excluding carboxylic acids is 2. The maximum Gasteiger partial charge on any atom is 0.244 e. The van der Waals surface area contributed by atoms with E-state index < -0.39 is 10.0 Å². The number of aromatic amines is 1. The number of hydrogen-bond donors (Lipinski definition) is 1. The highest BCUT2D eigenvalue weighted by molar-refractivity contribution is 7.89. The van der Waals surface area contributed by atoms with E-state index in [4.69, 9.17) is 23.2 Å². The third kappa shape index (κ3) is 4.73. The lowest BCUT2D eigenvalue weighted by atomic mass is 10.0. The van der Waals surface area contributed by atoms with Crippen molar-refractivity contribution in [1.82, 2.24) is 14.2 Å². The number of Topliss-reactive ketones (excluding diaryl/α,β-unsaturated/α-hetero) is 2. The summed E-state index contributed by atoms with van der Waals surface area (Å²) in [6, 6.07) is 4.53. The van der Waals surface area contributed by atoms with Gasteiger partial charge in [0.15, 0.2) is 11.6 Å². The van der Waals surface area contributed by atoms with Gasteiger partial charge in [-0.25, -0.2) is 8.42 Å². The van der Waals surface area contributed by atoms with Gasteiger partial charge >= 0.3 is 0 Å². The predicted octanol–water partition coefficient (Wildman–Crippen LogP) is 3.58. The fraction of sp³-hybridized carbons (Fsp3) is 0.429. The molecule has 1 fully saturated rings. The van der Waals surface area contributed by atoms with Crippen molar-refractivity contribution >= 4 is 44.8 Å². The molecule has 1 aromatic heterocycles. The third-order valence-electron chi connectivity index (χ3n) is 5.51. The summed E-state index contributed by atoms with van der Waals surface area (Å²) < 4.78 is 27.3. The Labute approximate surface area is 192 Å². The molecule has 0 bridgehead atoms. The van der Waals surface area contributed by atoms with Crippen molar-refractivity contribution in [2.24, 2.45) is 0 Å². The van der Waals surface area contributed by atoms with Crippen molar-refractivity contribution < 1.29 is 18.0 Å². The molecule has 10 heteroatoms. The highest BCUT2D eigenvalue weighted by Crippen LogP contribution is 2.31. The van der Waals surface area contributed by atoms with Gasteiger partial charge in [0.25, 0.3) is 0 Å². The van der Waals surface area contributed by atoms with Crippen LogP contribution in [0.25, 0.3) is 0 Å². The van der Waals surface area contributed by atoms with E-state index in [1.54, 1.807) is 13.0 Å². The first-order valence-corrected chi connectivity index (χ1v) is 12.2. The zero-order chi connectivity index (χ0) is 22.9. The average molecular weight is 486 g/mol. The third-order valence-corrected chi connectivity index (χ3v) is 8.38. The number of hydrogen-bond acceptors (Lipinski definition) is 5. The van der Waals surface area contributed by atoms with Crippen LogP contribution in [0, 0.1) is 6.92 Å². The van der Waals surface area contributed by atoms with Gasteiger partial charge in [0, 0.05) is 37.4 Å². The number of nitrogens with one attached hydrogen (secondary N) is 1. The van der Waals surface area contributed by atoms with E-state index in [1.165, 1.54) is 23.4 Å². The Bertz CT molecular complexity index is 1120. The summed E-state index contributed by atoms with van der Waals surface area (Å²) in [4.78, 5) is 29.8. The van der Waals surface area contributed by atoms with Crippen LogP contribution < -0.4 is 0 Å². The summed E-state index contributed by atoms with van der Waals surface area (Å²) in [6.07, 6.45) is 0.576. The van der Waals surface area contributed by atoms with Crippen molar-refractivity contribution in [1.29, 1.82) is 0 Å². The Balaban J connectivity index is 1.70. The maximum absolute atomic E-state index is 13.0. The monoisotopic (exact) mass is 485 g/mol. The first-order chi connectivity index (χ1) is 14.6. The number of carbonyl (C=O) groups is 2. The molecular formula is C21H25Cl2N3O4S. The summed E-state index contributed by atoms with van der Waals surface area (Å²) in [5, 5.41) is 0.196. The molecule has 2 aromatic rings. The smallest absolute Gasteiger partial charge is 0.244 e. The van der Waals surface area contributed by atoms with Gasteiger partial charge < -0.3 is 4.98 Å². The lowest BCUT2D eigenvalue weighted by Crippen LogP contribution is -2.49. The summed E-state index contributed by atoms with van der Waals surface area (Å²) >= 11 is 12.1. The molecule has 0 unspecified atom stereocenters. The Morgan fingerprint density at radius 3 is 2.35 bits per heavy atom. The van der Waals surface area contributed by atoms with Gasteiger partial charge in [0.2, 0.25) is 10.0 Å². The Kier molecular flexibility index (Phi) is 7.28. The number of ketones is 2. The summed E-state index contributed by atoms with van der Waals surface area (Å²) in [5.41, 5.74) is 2.49. The van der Waals surface area contributed by atoms with Gasteiger partial charge in [-0.2, -0.15) is 4.31 Å². The van der Waals surface area contributed by atoms with Crippen molar-refractivity contribution in [2.45, 2.75) is 32.1 Å². The molecule has 0 saturated carbocycles. The Morgan fingerprint density at radius 2 is 1.77 bits per heavy atom. The minimum Gasteiger partial charge on any atom is -0.355 e. The van der Waals surface area contributed by atoms with E-state index in [9.17, 15) is 18.0 Å². The SMILES string of the molecule is CCc1c(C(=O)CN2CCN(S(=O)(=O)c3cccc(Cl)c3Cl)CC2)[nH]c(C)c1C(C)=O. The topological polar surface area (TPSA) is 90.6 Å². The number of rotatable bonds is 7. The largest absolute Gasteiger partial charge is 0.355 e. The second-order valence-electron chi connectivity index (χ2n) is 7.54. The summed E-state index contributed by atoms with van der Waals surface area (Å²) in [5.74, 6) is -0.176. The van der Waals surface area contributed by atoms with Crippen molar-refractivity contribution in [2.75, 3.05) is 32.7 Å². The number of aromatic nitrogens is 1. The number of halogens is 2. The molecule has 168 valence electrons. The molecule has 1 aliphatic rings. The highest BCUT2D eigenvalue weighted by atomic mass is 35.5. The Hall–Kier alpha value is -1.71. The second-order valence-corrected chi connectivity index (χ2v) is 10.2. The molecule has 1 N–H and O–H groups in total. The fourth-order valence-electron chi connectivity index (χ4n) is 3.98. The van der Waals surface area contributed by atoms with Gasteiger partial charge in [-0.05, 0) is 38.0 Å². The molecule has 0 amide bonds. The van der Waals surface area contributed by atoms with Crippen LogP contribution in [0.5, 0.6) is 0 Å². The second kappa shape index (κ2) is 9.42. The number of piperazine rings is 1. The molecule has 3 rings (SSSR count). The van der Waals surface area contributed by atoms with Crippen LogP contribution in [0.1, 0.15) is 46.0 Å². The van der Waals surface area contributed by atoms with Gasteiger partial charge in [0.1, 0.15) is 4.90 Å². The van der Waals surface area contributed by atoms with Crippen LogP contribution in [0.2, 0.25) is 10.0 Å². The lowest BCUT2D eigenvalue weighted by molar-refractivity contribution is 0.0896. The number of H-pyrrole nitrogens is 1. The van der Waals surface area contributed by atoms with Gasteiger partial charge in [-0.3, -0.25) is 14.5 Å². The zero-order valence-corrected chi connectivity index (χ0v) is 20.0. The Morgan fingerprint density at radius 1 is 1.13 bits per heavy atom. The van der Waals surface area contributed by atoms with E-state index in [-0.39, 0.29) is 46.1 Å². The van der Waals surface area contributed by atoms with Gasteiger partial charge in [-0.1, -0.05) is 36.2 Å². The number of aryl methyl sites for hydroxylation is 1. The molecule has 7 nitrogen and oxygen atoms in total. The molecule has 1 saturated heterocycles. The molecule has 1 aliphatic heterocycles. The van der Waals surface area contributed by atoms with Crippen LogP contribution in [-0.4, -0.2) is 66.9 Å². The summed E-state index contributed by atoms with van der Waals surface area (Å²) in [7, 11) is -3.78. The first-order valence-electron chi connectivity index (χ1n) is 10.00. The minimum atomic E-state index is -3.78. The van der Waals surface area contributed by atoms with Crippen molar-refractivity contribution in [3.05, 3.63) is 50.8 Å². The molecule has 0 aliphatic carbocycles. The first kappa shape index (κ1) is 23.9. The molecular weight excluding hydrogens is 461 g/mol. The molecule has 0 radical (unpaired) electrons. The molecule has 0 spiro atoms. The summed E-state index contributed by atoms with van der Waals surface area (Å²) in [6.45, 7) is 6.63. The number of sulfonamides is 1. The quantitative estimate of drug-likeness (QED) is 0.605.